The van der Waals surface area contributed by atoms with Crippen molar-refractivity contribution in [3.05, 3.63) is 44.1 Å². The van der Waals surface area contributed by atoms with E-state index in [4.69, 9.17) is 27.7 Å². The number of aryl methyl sites for hydroxylation is 1. The minimum absolute atomic E-state index is 0.539. The second kappa shape index (κ2) is 7.57. The molecule has 1 heterocycles. The van der Waals surface area contributed by atoms with Gasteiger partial charge in [-0.05, 0) is 38.1 Å². The third-order valence-electron chi connectivity index (χ3n) is 2.60. The highest BCUT2D eigenvalue weighted by atomic mass is 35.5. The predicted octanol–water partition coefficient (Wildman–Crippen LogP) is 5.26. The van der Waals surface area contributed by atoms with Crippen LogP contribution in [0.1, 0.15) is 21.5 Å². The maximum Gasteiger partial charge on any atom is 0.165 e. The molecule has 2 aromatic rings. The molecule has 1 atom stereocenters. The molecule has 1 N–H and O–H groups in total. The second-order valence-electron chi connectivity index (χ2n) is 4.17. The molecule has 7 heteroatoms. The molecule has 0 aliphatic heterocycles. The first kappa shape index (κ1) is 16.7. The summed E-state index contributed by atoms with van der Waals surface area (Å²) in [7, 11) is -1.17. The molecule has 112 valence electrons. The lowest BCUT2D eigenvalue weighted by Crippen LogP contribution is -2.11. The first-order valence-corrected chi connectivity index (χ1v) is 9.08. The molecular weight excluding hydrogens is 348 g/mol. The maximum absolute atomic E-state index is 11.1. The molecule has 0 saturated carbocycles. The Morgan fingerprint density at radius 1 is 1.38 bits per heavy atom. The first-order chi connectivity index (χ1) is 10.0. The van der Waals surface area contributed by atoms with Gasteiger partial charge in [-0.25, -0.2) is 0 Å². The summed E-state index contributed by atoms with van der Waals surface area (Å²) in [6.45, 7) is 4.42. The lowest BCUT2D eigenvalue weighted by Gasteiger charge is -2.20. The van der Waals surface area contributed by atoms with E-state index < -0.39 is 8.30 Å². The van der Waals surface area contributed by atoms with Gasteiger partial charge >= 0.3 is 0 Å². The van der Waals surface area contributed by atoms with E-state index in [1.54, 1.807) is 12.1 Å². The fourth-order valence-corrected chi connectivity index (χ4v) is 4.71. The molecule has 1 aromatic carbocycles. The average molecular weight is 362 g/mol. The van der Waals surface area contributed by atoms with Crippen molar-refractivity contribution >= 4 is 60.1 Å². The average Bonchev–Trinajstić information content (AvgIpc) is 2.78. The van der Waals surface area contributed by atoms with Gasteiger partial charge in [0.15, 0.2) is 14.6 Å². The highest BCUT2D eigenvalue weighted by Crippen LogP contribution is 2.41. The normalized spacial score (nSPS) is 12.2. The van der Waals surface area contributed by atoms with E-state index >= 15 is 0 Å². The lowest BCUT2D eigenvalue weighted by atomic mass is 10.4. The number of halogens is 2. The molecule has 2 rings (SSSR count). The van der Waals surface area contributed by atoms with Crippen molar-refractivity contribution in [3.8, 4) is 0 Å². The van der Waals surface area contributed by atoms with Crippen LogP contribution in [-0.2, 0) is 4.52 Å². The zero-order valence-electron chi connectivity index (χ0n) is 11.5. The van der Waals surface area contributed by atoms with Crippen LogP contribution < -0.4 is 10.4 Å². The van der Waals surface area contributed by atoms with Gasteiger partial charge in [-0.2, -0.15) is 0 Å². The third-order valence-corrected chi connectivity index (χ3v) is 6.04. The molecule has 0 spiro atoms. The summed E-state index contributed by atoms with van der Waals surface area (Å²) >= 11 is 13.6. The standard InChI is InChI=1S/C14H14Cl2NO2PS/c1-3-19-20(13-5-4-10(15)7-11(13)16)17-12-6-9(2)21-14(12)8-18/h4-8,17H,3H2,1-2H3. The fourth-order valence-electron chi connectivity index (χ4n) is 1.75. The molecule has 0 radical (unpaired) electrons. The first-order valence-electron chi connectivity index (χ1n) is 6.25. The van der Waals surface area contributed by atoms with Gasteiger partial charge in [0.25, 0.3) is 0 Å². The van der Waals surface area contributed by atoms with Crippen LogP contribution in [0, 0.1) is 6.92 Å². The van der Waals surface area contributed by atoms with Crippen molar-refractivity contribution < 1.29 is 9.32 Å². The minimum atomic E-state index is -1.17. The van der Waals surface area contributed by atoms with Gasteiger partial charge in [-0.1, -0.05) is 23.2 Å². The van der Waals surface area contributed by atoms with Gasteiger partial charge in [-0.15, -0.1) is 11.3 Å². The van der Waals surface area contributed by atoms with E-state index in [2.05, 4.69) is 5.09 Å². The summed E-state index contributed by atoms with van der Waals surface area (Å²) in [6, 6.07) is 7.25. The van der Waals surface area contributed by atoms with Crippen LogP contribution >= 0.6 is 42.8 Å². The number of aldehydes is 1. The minimum Gasteiger partial charge on any atom is -0.338 e. The van der Waals surface area contributed by atoms with Gasteiger partial charge in [0.2, 0.25) is 0 Å². The number of hydrogen-bond donors (Lipinski definition) is 1. The number of hydrogen-bond acceptors (Lipinski definition) is 4. The molecule has 0 saturated heterocycles. The molecule has 1 aromatic heterocycles. The number of carbonyl (C=O) groups is 1. The third kappa shape index (κ3) is 4.18. The Labute approximate surface area is 139 Å². The number of benzene rings is 1. The van der Waals surface area contributed by atoms with Crippen LogP contribution in [0.15, 0.2) is 24.3 Å². The second-order valence-corrected chi connectivity index (χ2v) is 7.86. The Bertz CT molecular complexity index is 648. The number of thiophene rings is 1. The molecule has 1 unspecified atom stereocenters. The van der Waals surface area contributed by atoms with Crippen LogP contribution in [-0.4, -0.2) is 12.9 Å². The summed E-state index contributed by atoms with van der Waals surface area (Å²) in [5, 5.41) is 5.27. The number of carbonyl (C=O) groups excluding carboxylic acids is 1. The van der Waals surface area contributed by atoms with Gasteiger partial charge in [0.1, 0.15) is 0 Å². The topological polar surface area (TPSA) is 38.3 Å². The summed E-state index contributed by atoms with van der Waals surface area (Å²) < 4.78 is 5.78. The van der Waals surface area contributed by atoms with Crippen LogP contribution in [0.2, 0.25) is 10.0 Å². The van der Waals surface area contributed by atoms with E-state index in [-0.39, 0.29) is 0 Å². The van der Waals surface area contributed by atoms with Crippen molar-refractivity contribution in [2.45, 2.75) is 13.8 Å². The van der Waals surface area contributed by atoms with Crippen molar-refractivity contribution in [3.63, 3.8) is 0 Å². The quantitative estimate of drug-likeness (QED) is 0.563. The SMILES string of the molecule is CCOP(Nc1cc(C)sc1C=O)c1ccc(Cl)cc1Cl. The number of rotatable bonds is 6. The molecule has 0 aliphatic rings. The smallest absolute Gasteiger partial charge is 0.165 e. The molecule has 0 fully saturated rings. The monoisotopic (exact) mass is 361 g/mol. The van der Waals surface area contributed by atoms with Gasteiger partial charge in [0, 0.05) is 15.2 Å². The lowest BCUT2D eigenvalue weighted by molar-refractivity contribution is 0.112. The molecule has 0 bridgehead atoms. The summed E-state index contributed by atoms with van der Waals surface area (Å²) in [4.78, 5) is 12.8. The molecule has 21 heavy (non-hydrogen) atoms. The van der Waals surface area contributed by atoms with Crippen LogP contribution in [0.5, 0.6) is 0 Å². The molecular formula is C14H14Cl2NO2PS. The Hall–Kier alpha value is -0.640. The summed E-state index contributed by atoms with van der Waals surface area (Å²) in [5.74, 6) is 0. The molecule has 3 nitrogen and oxygen atoms in total. The van der Waals surface area contributed by atoms with Crippen LogP contribution in [0.25, 0.3) is 0 Å². The zero-order chi connectivity index (χ0) is 15.4. The Balaban J connectivity index is 2.32. The number of nitrogens with one attached hydrogen (secondary N) is 1. The Morgan fingerprint density at radius 2 is 2.14 bits per heavy atom. The van der Waals surface area contributed by atoms with E-state index in [9.17, 15) is 4.79 Å². The zero-order valence-corrected chi connectivity index (χ0v) is 14.7. The van der Waals surface area contributed by atoms with Gasteiger partial charge in [-0.3, -0.25) is 4.79 Å². The number of anilines is 1. The molecule has 0 aliphatic carbocycles. The van der Waals surface area contributed by atoms with E-state index in [0.717, 1.165) is 22.2 Å². The fraction of sp³-hybridized carbons (Fsp3) is 0.214. The summed E-state index contributed by atoms with van der Waals surface area (Å²) in [6.07, 6.45) is 0.850. The Kier molecular flexibility index (Phi) is 6.03. The van der Waals surface area contributed by atoms with Crippen molar-refractivity contribution in [1.29, 1.82) is 0 Å². The summed E-state index contributed by atoms with van der Waals surface area (Å²) in [5.41, 5.74) is 0.776. The maximum atomic E-state index is 11.1. The van der Waals surface area contributed by atoms with Crippen LogP contribution in [0.3, 0.4) is 0 Å². The Morgan fingerprint density at radius 3 is 2.76 bits per heavy atom. The van der Waals surface area contributed by atoms with Crippen LogP contribution in [0.4, 0.5) is 5.69 Å². The van der Waals surface area contributed by atoms with Gasteiger partial charge < -0.3 is 9.61 Å². The molecule has 0 amide bonds. The van der Waals surface area contributed by atoms with E-state index in [0.29, 0.717) is 21.5 Å². The van der Waals surface area contributed by atoms with Gasteiger partial charge in [0.05, 0.1) is 22.2 Å². The van der Waals surface area contributed by atoms with Crippen molar-refractivity contribution in [2.24, 2.45) is 0 Å². The van der Waals surface area contributed by atoms with Crippen molar-refractivity contribution in [2.75, 3.05) is 11.7 Å². The van der Waals surface area contributed by atoms with Crippen molar-refractivity contribution in [1.82, 2.24) is 0 Å². The van der Waals surface area contributed by atoms with E-state index in [1.807, 2.05) is 26.0 Å². The largest absolute Gasteiger partial charge is 0.338 e. The highest BCUT2D eigenvalue weighted by molar-refractivity contribution is 7.62. The van der Waals surface area contributed by atoms with E-state index in [1.165, 1.54) is 11.3 Å². The highest BCUT2D eigenvalue weighted by Gasteiger charge is 2.18. The predicted molar refractivity (Wildman–Crippen MR) is 92.7 cm³/mol.